The van der Waals surface area contributed by atoms with Crippen molar-refractivity contribution in [3.63, 3.8) is 0 Å². The standard InChI is InChI=1S/C27H26O7/c1-27(2,3)34-26(29)33-24-19-14-22(31-5)21(30-4)13-18(19)17(23-20(24)15-32-25(23)28)12-11-16-9-7-6-8-10-16/h6-14H,15H2,1-5H3. The molecule has 3 aromatic rings. The number of rotatable bonds is 5. The van der Waals surface area contributed by atoms with Gasteiger partial charge in [0.2, 0.25) is 0 Å². The van der Waals surface area contributed by atoms with Gasteiger partial charge in [0, 0.05) is 10.9 Å². The van der Waals surface area contributed by atoms with Gasteiger partial charge in [-0.15, -0.1) is 0 Å². The van der Waals surface area contributed by atoms with Gasteiger partial charge < -0.3 is 23.7 Å². The first-order valence-electron chi connectivity index (χ1n) is 10.8. The molecule has 7 nitrogen and oxygen atoms in total. The SMILES string of the molecule is COc1cc2c(C=Cc3ccccc3)c3c(c(OC(=O)OC(C)(C)C)c2cc1OC)COC3=O. The van der Waals surface area contributed by atoms with E-state index in [0.29, 0.717) is 39.0 Å². The molecular formula is C27H26O7. The lowest BCUT2D eigenvalue weighted by Gasteiger charge is -2.21. The highest BCUT2D eigenvalue weighted by Crippen LogP contribution is 2.45. The van der Waals surface area contributed by atoms with Gasteiger partial charge in [0.15, 0.2) is 11.5 Å². The maximum absolute atomic E-state index is 12.8. The van der Waals surface area contributed by atoms with Crippen LogP contribution in [0, 0.1) is 0 Å². The number of benzene rings is 3. The van der Waals surface area contributed by atoms with Crippen LogP contribution in [0.5, 0.6) is 17.2 Å². The molecule has 0 bridgehead atoms. The van der Waals surface area contributed by atoms with Crippen molar-refractivity contribution < 1.29 is 33.3 Å². The number of cyclic esters (lactones) is 1. The van der Waals surface area contributed by atoms with Crippen LogP contribution >= 0.6 is 0 Å². The highest BCUT2D eigenvalue weighted by Gasteiger charge is 2.33. The Labute approximate surface area is 197 Å². The summed E-state index contributed by atoms with van der Waals surface area (Å²) in [5, 5.41) is 1.20. The zero-order valence-corrected chi connectivity index (χ0v) is 19.8. The molecule has 0 radical (unpaired) electrons. The van der Waals surface area contributed by atoms with Gasteiger partial charge in [-0.3, -0.25) is 0 Å². The van der Waals surface area contributed by atoms with E-state index in [1.165, 1.54) is 14.2 Å². The van der Waals surface area contributed by atoms with E-state index in [2.05, 4.69) is 0 Å². The minimum atomic E-state index is -0.877. The largest absolute Gasteiger partial charge is 0.514 e. The van der Waals surface area contributed by atoms with Crippen molar-refractivity contribution in [2.75, 3.05) is 14.2 Å². The first-order chi connectivity index (χ1) is 16.2. The Morgan fingerprint density at radius 3 is 2.24 bits per heavy atom. The average molecular weight is 462 g/mol. The third-order valence-electron chi connectivity index (χ3n) is 5.27. The molecule has 0 saturated heterocycles. The third-order valence-corrected chi connectivity index (χ3v) is 5.27. The minimum Gasteiger partial charge on any atom is -0.493 e. The third kappa shape index (κ3) is 4.55. The molecule has 1 heterocycles. The summed E-state index contributed by atoms with van der Waals surface area (Å²) >= 11 is 0. The van der Waals surface area contributed by atoms with E-state index in [1.807, 2.05) is 42.5 Å². The van der Waals surface area contributed by atoms with Gasteiger partial charge in [0.1, 0.15) is 18.0 Å². The molecule has 0 fully saturated rings. The number of methoxy groups -OCH3 is 2. The van der Waals surface area contributed by atoms with E-state index in [9.17, 15) is 9.59 Å². The molecule has 1 aliphatic heterocycles. The highest BCUT2D eigenvalue weighted by molar-refractivity contribution is 6.10. The molecule has 0 saturated carbocycles. The van der Waals surface area contributed by atoms with Crippen molar-refractivity contribution in [2.24, 2.45) is 0 Å². The molecule has 34 heavy (non-hydrogen) atoms. The second-order valence-corrected chi connectivity index (χ2v) is 8.74. The molecule has 176 valence electrons. The van der Waals surface area contributed by atoms with Crippen LogP contribution in [0.4, 0.5) is 4.79 Å². The summed E-state index contributed by atoms with van der Waals surface area (Å²) < 4.78 is 27.4. The Kier molecular flexibility index (Phi) is 6.20. The van der Waals surface area contributed by atoms with E-state index in [4.69, 9.17) is 23.7 Å². The summed E-state index contributed by atoms with van der Waals surface area (Å²) in [7, 11) is 3.05. The van der Waals surface area contributed by atoms with Gasteiger partial charge in [-0.2, -0.15) is 0 Å². The maximum Gasteiger partial charge on any atom is 0.514 e. The molecule has 0 unspecified atom stereocenters. The smallest absolute Gasteiger partial charge is 0.493 e. The predicted molar refractivity (Wildman–Crippen MR) is 128 cm³/mol. The van der Waals surface area contributed by atoms with Gasteiger partial charge >= 0.3 is 12.1 Å². The molecule has 0 aromatic heterocycles. The number of esters is 1. The number of ether oxygens (including phenoxy) is 5. The summed E-state index contributed by atoms with van der Waals surface area (Å²) in [5.74, 6) is 0.627. The van der Waals surface area contributed by atoms with Gasteiger partial charge in [0.25, 0.3) is 0 Å². The maximum atomic E-state index is 12.8. The van der Waals surface area contributed by atoms with E-state index in [1.54, 1.807) is 32.9 Å². The van der Waals surface area contributed by atoms with E-state index in [-0.39, 0.29) is 12.4 Å². The van der Waals surface area contributed by atoms with Crippen LogP contribution in [0.1, 0.15) is 47.8 Å². The molecule has 7 heteroatoms. The topological polar surface area (TPSA) is 80.3 Å². The Morgan fingerprint density at radius 2 is 1.62 bits per heavy atom. The van der Waals surface area contributed by atoms with Crippen molar-refractivity contribution in [3.05, 3.63) is 64.7 Å². The van der Waals surface area contributed by atoms with E-state index >= 15 is 0 Å². The molecule has 0 atom stereocenters. The monoisotopic (exact) mass is 462 g/mol. The van der Waals surface area contributed by atoms with Gasteiger partial charge in [-0.1, -0.05) is 42.5 Å². The first kappa shape index (κ1) is 23.2. The van der Waals surface area contributed by atoms with Crippen LogP contribution in [-0.2, 0) is 16.1 Å². The molecular weight excluding hydrogens is 436 g/mol. The Hall–Kier alpha value is -4.00. The number of carbonyl (C=O) groups excluding carboxylic acids is 2. The molecule has 1 aliphatic rings. The molecule has 4 rings (SSSR count). The number of hydrogen-bond donors (Lipinski definition) is 0. The fourth-order valence-electron chi connectivity index (χ4n) is 3.83. The minimum absolute atomic E-state index is 0.0250. The number of hydrogen-bond acceptors (Lipinski definition) is 7. The summed E-state index contributed by atoms with van der Waals surface area (Å²) in [6.45, 7) is 5.21. The summed E-state index contributed by atoms with van der Waals surface area (Å²) in [4.78, 5) is 25.4. The van der Waals surface area contributed by atoms with Crippen LogP contribution in [0.3, 0.4) is 0 Å². The first-order valence-corrected chi connectivity index (χ1v) is 10.8. The van der Waals surface area contributed by atoms with Crippen LogP contribution in [-0.4, -0.2) is 31.9 Å². The Morgan fingerprint density at radius 1 is 0.971 bits per heavy atom. The Balaban J connectivity index is 1.98. The molecule has 0 spiro atoms. The normalized spacial score (nSPS) is 13.0. The van der Waals surface area contributed by atoms with Crippen molar-refractivity contribution in [1.82, 2.24) is 0 Å². The van der Waals surface area contributed by atoms with Crippen molar-refractivity contribution in [3.8, 4) is 17.2 Å². The Bertz CT molecular complexity index is 1280. The van der Waals surface area contributed by atoms with Crippen molar-refractivity contribution in [1.29, 1.82) is 0 Å². The van der Waals surface area contributed by atoms with E-state index < -0.39 is 17.7 Å². The molecule has 3 aromatic carbocycles. The summed E-state index contributed by atoms with van der Waals surface area (Å²) in [6, 6.07) is 13.2. The highest BCUT2D eigenvalue weighted by atomic mass is 16.7. The zero-order chi connectivity index (χ0) is 24.5. The predicted octanol–water partition coefficient (Wildman–Crippen LogP) is 6.01. The van der Waals surface area contributed by atoms with Crippen LogP contribution < -0.4 is 14.2 Å². The molecule has 0 aliphatic carbocycles. The lowest BCUT2D eigenvalue weighted by Crippen LogP contribution is -2.26. The van der Waals surface area contributed by atoms with Gasteiger partial charge in [-0.25, -0.2) is 9.59 Å². The number of carbonyl (C=O) groups is 2. The lowest BCUT2D eigenvalue weighted by atomic mass is 9.93. The summed E-state index contributed by atoms with van der Waals surface area (Å²) in [5.41, 5.74) is 1.66. The van der Waals surface area contributed by atoms with Crippen molar-refractivity contribution >= 4 is 35.0 Å². The second kappa shape index (κ2) is 9.09. The quantitative estimate of drug-likeness (QED) is 0.261. The van der Waals surface area contributed by atoms with Crippen molar-refractivity contribution in [2.45, 2.75) is 33.0 Å². The van der Waals surface area contributed by atoms with Crippen LogP contribution in [0.15, 0.2) is 42.5 Å². The van der Waals surface area contributed by atoms with Gasteiger partial charge in [0.05, 0.1) is 19.8 Å². The molecule has 0 N–H and O–H groups in total. The van der Waals surface area contributed by atoms with Crippen LogP contribution in [0.25, 0.3) is 22.9 Å². The number of fused-ring (bicyclic) bond motifs is 2. The summed E-state index contributed by atoms with van der Waals surface area (Å²) in [6.07, 6.45) is 2.88. The lowest BCUT2D eigenvalue weighted by molar-refractivity contribution is 0.0206. The zero-order valence-electron chi connectivity index (χ0n) is 19.8. The van der Waals surface area contributed by atoms with E-state index in [0.717, 1.165) is 5.56 Å². The second-order valence-electron chi connectivity index (χ2n) is 8.74. The van der Waals surface area contributed by atoms with Gasteiger partial charge in [-0.05, 0) is 49.4 Å². The van der Waals surface area contributed by atoms with Crippen LogP contribution in [0.2, 0.25) is 0 Å². The fraction of sp³-hybridized carbons (Fsp3) is 0.259. The average Bonchev–Trinajstić information content (AvgIpc) is 3.18. The fourth-order valence-corrected chi connectivity index (χ4v) is 3.83. The molecule has 0 amide bonds.